The monoisotopic (exact) mass is 308 g/mol. The number of hydrogen-bond donors (Lipinski definition) is 3. The van der Waals surface area contributed by atoms with Crippen molar-refractivity contribution in [3.63, 3.8) is 0 Å². The van der Waals surface area contributed by atoms with Crippen molar-refractivity contribution in [3.05, 3.63) is 0 Å². The van der Waals surface area contributed by atoms with Gasteiger partial charge in [-0.15, -0.1) is 0 Å². The molecule has 5 unspecified atom stereocenters. The molecule has 126 valence electrons. The third-order valence-corrected chi connectivity index (χ3v) is 7.01. The van der Waals surface area contributed by atoms with Gasteiger partial charge in [-0.2, -0.15) is 0 Å². The SMILES string of the molecule is NC1CC2(N)CCCC(C(=O)O)(C1)C1CCCCC2CCC1. The summed E-state index contributed by atoms with van der Waals surface area (Å²) in [5.41, 5.74) is 12.5. The number of hydrogen-bond acceptors (Lipinski definition) is 3. The number of carboxylic acid groups (broad SMARTS) is 1. The fraction of sp³-hybridized carbons (Fsp3) is 0.944. The molecule has 4 rings (SSSR count). The number of aliphatic carboxylic acids is 1. The van der Waals surface area contributed by atoms with Crippen LogP contribution in [0.25, 0.3) is 0 Å². The quantitative estimate of drug-likeness (QED) is 0.694. The molecule has 4 heteroatoms. The summed E-state index contributed by atoms with van der Waals surface area (Å²) in [6, 6.07) is -0.0670. The molecule has 4 fully saturated rings. The van der Waals surface area contributed by atoms with Crippen molar-refractivity contribution >= 4 is 5.97 Å². The summed E-state index contributed by atoms with van der Waals surface area (Å²) in [6.07, 6.45) is 12.1. The number of rotatable bonds is 1. The first kappa shape index (κ1) is 16.3. The molecular weight excluding hydrogens is 276 g/mol. The second-order valence-electron chi connectivity index (χ2n) is 8.33. The summed E-state index contributed by atoms with van der Waals surface area (Å²) in [5, 5.41) is 10.1. The Morgan fingerprint density at radius 2 is 1.55 bits per heavy atom. The molecule has 22 heavy (non-hydrogen) atoms. The molecule has 0 aromatic rings. The first-order valence-electron chi connectivity index (χ1n) is 9.24. The smallest absolute Gasteiger partial charge is 0.309 e. The lowest BCUT2D eigenvalue weighted by atomic mass is 9.59. The minimum absolute atomic E-state index is 0.0670. The predicted molar refractivity (Wildman–Crippen MR) is 87.3 cm³/mol. The van der Waals surface area contributed by atoms with E-state index in [0.717, 1.165) is 57.8 Å². The average molecular weight is 308 g/mol. The van der Waals surface area contributed by atoms with E-state index in [1.54, 1.807) is 0 Å². The molecule has 0 radical (unpaired) electrons. The average Bonchev–Trinajstić information content (AvgIpc) is 2.53. The molecule has 5 atom stereocenters. The van der Waals surface area contributed by atoms with Crippen LogP contribution in [0, 0.1) is 17.3 Å². The molecule has 4 aliphatic rings. The molecule has 0 heterocycles. The van der Waals surface area contributed by atoms with Gasteiger partial charge in [0.25, 0.3) is 0 Å². The molecule has 0 aromatic heterocycles. The second kappa shape index (κ2) is 6.12. The molecule has 0 aliphatic heterocycles. The molecule has 4 nitrogen and oxygen atoms in total. The Labute approximate surface area is 134 Å². The molecular formula is C18H32N2O2. The highest BCUT2D eigenvalue weighted by molar-refractivity contribution is 5.75. The Hall–Kier alpha value is -0.610. The molecule has 4 saturated carbocycles. The van der Waals surface area contributed by atoms with Crippen LogP contribution >= 0.6 is 0 Å². The lowest BCUT2D eigenvalue weighted by molar-refractivity contribution is -0.156. The minimum Gasteiger partial charge on any atom is -0.481 e. The standard InChI is InChI=1S/C18H32N2O2/c19-15-11-17(16(21)22)9-4-10-18(20,12-15)14-6-2-1-5-13(17)7-3-8-14/h13-15H,1-12,19-20H2,(H,21,22). The van der Waals surface area contributed by atoms with E-state index in [9.17, 15) is 9.90 Å². The lowest BCUT2D eigenvalue weighted by Gasteiger charge is -2.47. The Morgan fingerprint density at radius 3 is 2.27 bits per heavy atom. The first-order chi connectivity index (χ1) is 10.5. The molecule has 0 spiro atoms. The van der Waals surface area contributed by atoms with Crippen molar-refractivity contribution in [1.82, 2.24) is 0 Å². The second-order valence-corrected chi connectivity index (χ2v) is 8.33. The van der Waals surface area contributed by atoms with E-state index in [1.165, 1.54) is 12.8 Å². The summed E-state index contributed by atoms with van der Waals surface area (Å²) in [7, 11) is 0. The number of carboxylic acids is 1. The normalized spacial score (nSPS) is 46.5. The third-order valence-electron chi connectivity index (χ3n) is 7.01. The van der Waals surface area contributed by atoms with Crippen molar-refractivity contribution in [3.8, 4) is 0 Å². The Kier molecular flexibility index (Phi) is 4.52. The van der Waals surface area contributed by atoms with E-state index >= 15 is 0 Å². The number of nitrogens with two attached hydrogens (primary N) is 2. The molecule has 0 saturated heterocycles. The van der Waals surface area contributed by atoms with Gasteiger partial charge in [0, 0.05) is 11.6 Å². The topological polar surface area (TPSA) is 89.3 Å². The van der Waals surface area contributed by atoms with Crippen LogP contribution in [0.15, 0.2) is 0 Å². The number of fused-ring (bicyclic) bond motifs is 4. The summed E-state index contributed by atoms with van der Waals surface area (Å²) >= 11 is 0. The van der Waals surface area contributed by atoms with E-state index < -0.39 is 11.4 Å². The van der Waals surface area contributed by atoms with Crippen LogP contribution in [-0.4, -0.2) is 22.7 Å². The zero-order chi connectivity index (χ0) is 15.8. The van der Waals surface area contributed by atoms with Crippen LogP contribution in [0.5, 0.6) is 0 Å². The van der Waals surface area contributed by atoms with E-state index in [2.05, 4.69) is 0 Å². The van der Waals surface area contributed by atoms with Gasteiger partial charge < -0.3 is 16.6 Å². The van der Waals surface area contributed by atoms with E-state index in [0.29, 0.717) is 18.3 Å². The summed E-state index contributed by atoms with van der Waals surface area (Å²) in [5.74, 6) is 0.278. The summed E-state index contributed by atoms with van der Waals surface area (Å²) < 4.78 is 0. The van der Waals surface area contributed by atoms with Crippen LogP contribution < -0.4 is 11.5 Å². The van der Waals surface area contributed by atoms with Crippen molar-refractivity contribution in [2.75, 3.05) is 0 Å². The lowest BCUT2D eigenvalue weighted by Crippen LogP contribution is -2.55. The predicted octanol–water partition coefficient (Wildman–Crippen LogP) is 3.04. The van der Waals surface area contributed by atoms with E-state index in [-0.39, 0.29) is 11.6 Å². The van der Waals surface area contributed by atoms with Crippen molar-refractivity contribution in [2.45, 2.75) is 88.6 Å². The highest BCUT2D eigenvalue weighted by Gasteiger charge is 2.50. The van der Waals surface area contributed by atoms with Crippen molar-refractivity contribution < 1.29 is 9.90 Å². The Bertz CT molecular complexity index is 427. The third kappa shape index (κ3) is 2.80. The molecule has 4 aliphatic carbocycles. The van der Waals surface area contributed by atoms with Gasteiger partial charge in [0.2, 0.25) is 0 Å². The van der Waals surface area contributed by atoms with Crippen LogP contribution in [0.4, 0.5) is 0 Å². The zero-order valence-corrected chi connectivity index (χ0v) is 13.7. The Balaban J connectivity index is 2.05. The van der Waals surface area contributed by atoms with Gasteiger partial charge in [-0.05, 0) is 63.2 Å². The van der Waals surface area contributed by atoms with Crippen LogP contribution in [0.2, 0.25) is 0 Å². The van der Waals surface area contributed by atoms with Gasteiger partial charge in [-0.3, -0.25) is 4.79 Å². The van der Waals surface area contributed by atoms with E-state index in [4.69, 9.17) is 11.5 Å². The largest absolute Gasteiger partial charge is 0.481 e. The fourth-order valence-electron chi connectivity index (χ4n) is 5.88. The molecule has 5 N–H and O–H groups in total. The minimum atomic E-state index is -0.603. The van der Waals surface area contributed by atoms with Gasteiger partial charge in [0.15, 0.2) is 0 Å². The molecule has 0 aromatic carbocycles. The first-order valence-corrected chi connectivity index (χ1v) is 9.24. The number of carbonyl (C=O) groups is 1. The maximum atomic E-state index is 12.3. The van der Waals surface area contributed by atoms with Crippen LogP contribution in [-0.2, 0) is 4.79 Å². The highest BCUT2D eigenvalue weighted by Crippen LogP contribution is 2.50. The van der Waals surface area contributed by atoms with Gasteiger partial charge in [-0.1, -0.05) is 25.7 Å². The van der Waals surface area contributed by atoms with Crippen molar-refractivity contribution in [2.24, 2.45) is 28.7 Å². The summed E-state index contributed by atoms with van der Waals surface area (Å²) in [4.78, 5) is 12.3. The van der Waals surface area contributed by atoms with E-state index in [1.807, 2.05) is 0 Å². The van der Waals surface area contributed by atoms with Gasteiger partial charge in [0.05, 0.1) is 5.41 Å². The van der Waals surface area contributed by atoms with Gasteiger partial charge in [0.1, 0.15) is 0 Å². The summed E-state index contributed by atoms with van der Waals surface area (Å²) in [6.45, 7) is 0. The fourth-order valence-corrected chi connectivity index (χ4v) is 5.88. The van der Waals surface area contributed by atoms with Gasteiger partial charge >= 0.3 is 5.97 Å². The maximum Gasteiger partial charge on any atom is 0.309 e. The molecule has 0 amide bonds. The maximum absolute atomic E-state index is 12.3. The Morgan fingerprint density at radius 1 is 0.909 bits per heavy atom. The molecule has 4 bridgehead atoms. The van der Waals surface area contributed by atoms with Crippen LogP contribution in [0.3, 0.4) is 0 Å². The van der Waals surface area contributed by atoms with Crippen LogP contribution in [0.1, 0.15) is 77.0 Å². The van der Waals surface area contributed by atoms with Crippen molar-refractivity contribution in [1.29, 1.82) is 0 Å². The van der Waals surface area contributed by atoms with Gasteiger partial charge in [-0.25, -0.2) is 0 Å². The zero-order valence-electron chi connectivity index (χ0n) is 13.7. The highest BCUT2D eigenvalue weighted by atomic mass is 16.4.